The van der Waals surface area contributed by atoms with Gasteiger partial charge in [0.2, 0.25) is 0 Å². The van der Waals surface area contributed by atoms with Crippen LogP contribution in [0.3, 0.4) is 0 Å². The van der Waals surface area contributed by atoms with Crippen molar-refractivity contribution in [2.45, 2.75) is 55.4 Å². The van der Waals surface area contributed by atoms with Crippen LogP contribution in [0, 0.1) is 0 Å². The van der Waals surface area contributed by atoms with Crippen molar-refractivity contribution in [3.63, 3.8) is 0 Å². The molecule has 1 atom stereocenters. The van der Waals surface area contributed by atoms with Gasteiger partial charge in [0.05, 0.1) is 0 Å². The van der Waals surface area contributed by atoms with Crippen LogP contribution in [0.1, 0.15) is 38.8 Å². The van der Waals surface area contributed by atoms with Gasteiger partial charge in [0.1, 0.15) is 0 Å². The SMILES string of the molecule is CC(N)Cc1ccc(Sc2ccc(C(C)(C)C)cc2)cc1. The molecule has 2 rings (SSSR count). The molecule has 0 saturated carbocycles. The summed E-state index contributed by atoms with van der Waals surface area (Å²) in [5.74, 6) is 0. The van der Waals surface area contributed by atoms with Crippen molar-refractivity contribution in [3.8, 4) is 0 Å². The summed E-state index contributed by atoms with van der Waals surface area (Å²) in [4.78, 5) is 2.55. The summed E-state index contributed by atoms with van der Waals surface area (Å²) >= 11 is 1.80. The fourth-order valence-corrected chi connectivity index (χ4v) is 3.04. The fourth-order valence-electron chi connectivity index (χ4n) is 2.22. The molecular formula is C19H25NS. The van der Waals surface area contributed by atoms with Crippen molar-refractivity contribution in [2.24, 2.45) is 5.73 Å². The van der Waals surface area contributed by atoms with E-state index in [1.807, 2.05) is 6.92 Å². The predicted molar refractivity (Wildman–Crippen MR) is 93.1 cm³/mol. The van der Waals surface area contributed by atoms with E-state index in [-0.39, 0.29) is 11.5 Å². The third kappa shape index (κ3) is 4.90. The molecule has 2 aromatic rings. The van der Waals surface area contributed by atoms with Gasteiger partial charge < -0.3 is 5.73 Å². The molecule has 0 fully saturated rings. The van der Waals surface area contributed by atoms with Crippen LogP contribution in [0.2, 0.25) is 0 Å². The molecule has 0 bridgehead atoms. The summed E-state index contributed by atoms with van der Waals surface area (Å²) in [6.45, 7) is 8.77. The second-order valence-corrected chi connectivity index (χ2v) is 7.85. The molecule has 0 aliphatic heterocycles. The Morgan fingerprint density at radius 1 is 0.905 bits per heavy atom. The maximum absolute atomic E-state index is 5.83. The number of rotatable bonds is 4. The molecule has 0 spiro atoms. The van der Waals surface area contributed by atoms with Crippen LogP contribution in [-0.4, -0.2) is 6.04 Å². The molecule has 0 aliphatic carbocycles. The van der Waals surface area contributed by atoms with E-state index in [0.29, 0.717) is 0 Å². The Morgan fingerprint density at radius 2 is 1.38 bits per heavy atom. The molecule has 0 saturated heterocycles. The second kappa shape index (κ2) is 6.67. The Kier molecular flexibility index (Phi) is 5.13. The van der Waals surface area contributed by atoms with E-state index in [1.54, 1.807) is 11.8 Å². The highest BCUT2D eigenvalue weighted by molar-refractivity contribution is 7.99. The van der Waals surface area contributed by atoms with E-state index in [9.17, 15) is 0 Å². The Hall–Kier alpha value is -1.25. The first-order valence-corrected chi connectivity index (χ1v) is 8.29. The van der Waals surface area contributed by atoms with E-state index < -0.39 is 0 Å². The normalized spacial score (nSPS) is 13.2. The minimum absolute atomic E-state index is 0.212. The van der Waals surface area contributed by atoms with Crippen molar-refractivity contribution < 1.29 is 0 Å². The van der Waals surface area contributed by atoms with Crippen molar-refractivity contribution in [1.29, 1.82) is 0 Å². The van der Waals surface area contributed by atoms with Gasteiger partial charge in [-0.1, -0.05) is 56.8 Å². The zero-order valence-electron chi connectivity index (χ0n) is 13.4. The first kappa shape index (κ1) is 16.1. The molecule has 21 heavy (non-hydrogen) atoms. The Morgan fingerprint density at radius 3 is 1.81 bits per heavy atom. The average molecular weight is 299 g/mol. The number of benzene rings is 2. The minimum atomic E-state index is 0.212. The lowest BCUT2D eigenvalue weighted by Gasteiger charge is -2.19. The molecule has 0 aliphatic rings. The molecule has 0 heterocycles. The lowest BCUT2D eigenvalue weighted by Crippen LogP contribution is -2.17. The molecule has 2 N–H and O–H groups in total. The Bertz CT molecular complexity index is 562. The van der Waals surface area contributed by atoms with Gasteiger partial charge in [-0.25, -0.2) is 0 Å². The van der Waals surface area contributed by atoms with Gasteiger partial charge in [0.15, 0.2) is 0 Å². The smallest absolute Gasteiger partial charge is 0.0122 e. The van der Waals surface area contributed by atoms with Gasteiger partial charge in [-0.2, -0.15) is 0 Å². The van der Waals surface area contributed by atoms with E-state index in [1.165, 1.54) is 20.9 Å². The summed E-state index contributed by atoms with van der Waals surface area (Å²) in [5.41, 5.74) is 8.72. The van der Waals surface area contributed by atoms with Crippen LogP contribution in [0.15, 0.2) is 58.3 Å². The van der Waals surface area contributed by atoms with E-state index in [4.69, 9.17) is 5.73 Å². The van der Waals surface area contributed by atoms with Gasteiger partial charge in [0.25, 0.3) is 0 Å². The predicted octanol–water partition coefficient (Wildman–Crippen LogP) is 5.03. The molecule has 2 heteroatoms. The summed E-state index contributed by atoms with van der Waals surface area (Å²) in [6.07, 6.45) is 0.936. The highest BCUT2D eigenvalue weighted by Gasteiger charge is 2.12. The molecule has 0 amide bonds. The van der Waals surface area contributed by atoms with Crippen LogP contribution in [0.5, 0.6) is 0 Å². The van der Waals surface area contributed by atoms with Crippen LogP contribution < -0.4 is 5.73 Å². The summed E-state index contributed by atoms with van der Waals surface area (Å²) in [7, 11) is 0. The van der Waals surface area contributed by atoms with Gasteiger partial charge in [-0.15, -0.1) is 0 Å². The molecule has 1 nitrogen and oxygen atoms in total. The molecule has 2 aromatic carbocycles. The average Bonchev–Trinajstić information content (AvgIpc) is 2.40. The van der Waals surface area contributed by atoms with Crippen LogP contribution >= 0.6 is 11.8 Å². The summed E-state index contributed by atoms with van der Waals surface area (Å²) in [5, 5.41) is 0. The lowest BCUT2D eigenvalue weighted by atomic mass is 9.87. The standard InChI is InChI=1S/C19H25NS/c1-14(20)13-15-5-9-17(10-6-15)21-18-11-7-16(8-12-18)19(2,3)4/h5-12,14H,13,20H2,1-4H3. The molecule has 112 valence electrons. The largest absolute Gasteiger partial charge is 0.328 e. The van der Waals surface area contributed by atoms with E-state index in [2.05, 4.69) is 69.3 Å². The quantitative estimate of drug-likeness (QED) is 0.857. The highest BCUT2D eigenvalue weighted by atomic mass is 32.2. The van der Waals surface area contributed by atoms with Crippen LogP contribution in [0.25, 0.3) is 0 Å². The van der Waals surface area contributed by atoms with E-state index >= 15 is 0 Å². The Balaban J connectivity index is 2.04. The zero-order valence-corrected chi connectivity index (χ0v) is 14.2. The first-order chi connectivity index (χ1) is 9.84. The van der Waals surface area contributed by atoms with E-state index in [0.717, 1.165) is 6.42 Å². The number of nitrogens with two attached hydrogens (primary N) is 1. The second-order valence-electron chi connectivity index (χ2n) is 6.70. The van der Waals surface area contributed by atoms with Gasteiger partial charge in [-0.05, 0) is 54.2 Å². The molecule has 1 unspecified atom stereocenters. The third-order valence-electron chi connectivity index (χ3n) is 3.44. The number of hydrogen-bond acceptors (Lipinski definition) is 2. The van der Waals surface area contributed by atoms with Crippen molar-refractivity contribution in [2.75, 3.05) is 0 Å². The summed E-state index contributed by atoms with van der Waals surface area (Å²) < 4.78 is 0. The summed E-state index contributed by atoms with van der Waals surface area (Å²) in [6, 6.07) is 17.8. The van der Waals surface area contributed by atoms with Crippen LogP contribution in [-0.2, 0) is 11.8 Å². The zero-order chi connectivity index (χ0) is 15.5. The highest BCUT2D eigenvalue weighted by Crippen LogP contribution is 2.30. The Labute approximate surface area is 133 Å². The maximum Gasteiger partial charge on any atom is 0.0122 e. The van der Waals surface area contributed by atoms with Gasteiger partial charge >= 0.3 is 0 Å². The topological polar surface area (TPSA) is 26.0 Å². The van der Waals surface area contributed by atoms with Crippen molar-refractivity contribution in [1.82, 2.24) is 0 Å². The monoisotopic (exact) mass is 299 g/mol. The van der Waals surface area contributed by atoms with Gasteiger partial charge in [0, 0.05) is 15.8 Å². The minimum Gasteiger partial charge on any atom is -0.328 e. The third-order valence-corrected chi connectivity index (χ3v) is 4.45. The molecular weight excluding hydrogens is 274 g/mol. The molecule has 0 radical (unpaired) electrons. The van der Waals surface area contributed by atoms with Crippen LogP contribution in [0.4, 0.5) is 0 Å². The lowest BCUT2D eigenvalue weighted by molar-refractivity contribution is 0.590. The first-order valence-electron chi connectivity index (χ1n) is 7.47. The number of hydrogen-bond donors (Lipinski definition) is 1. The van der Waals surface area contributed by atoms with Gasteiger partial charge in [-0.3, -0.25) is 0 Å². The maximum atomic E-state index is 5.83. The fraction of sp³-hybridized carbons (Fsp3) is 0.368. The van der Waals surface area contributed by atoms with Crippen molar-refractivity contribution in [3.05, 3.63) is 59.7 Å². The molecule has 0 aromatic heterocycles. The van der Waals surface area contributed by atoms with Crippen molar-refractivity contribution >= 4 is 11.8 Å².